The average molecular weight is 294 g/mol. The number of carbonyl (C=O) groups excluding carboxylic acids is 1. The number of hydrogen-bond donors (Lipinski definition) is 1. The van der Waals surface area contributed by atoms with E-state index in [0.717, 1.165) is 30.3 Å². The zero-order chi connectivity index (χ0) is 14.8. The van der Waals surface area contributed by atoms with Crippen LogP contribution in [0.15, 0.2) is 24.3 Å². The van der Waals surface area contributed by atoms with E-state index < -0.39 is 0 Å². The van der Waals surface area contributed by atoms with Crippen LogP contribution in [0.1, 0.15) is 36.7 Å². The molecule has 1 aliphatic rings. The molecule has 0 spiro atoms. The van der Waals surface area contributed by atoms with Crippen molar-refractivity contribution < 1.29 is 9.53 Å². The van der Waals surface area contributed by atoms with Crippen LogP contribution in [0.25, 0.3) is 0 Å². The molecule has 1 aliphatic heterocycles. The van der Waals surface area contributed by atoms with Crippen LogP contribution in [-0.2, 0) is 4.74 Å². The minimum absolute atomic E-state index is 0.0189. The van der Waals surface area contributed by atoms with Crippen LogP contribution in [-0.4, -0.2) is 35.8 Å². The third-order valence-corrected chi connectivity index (χ3v) is 7.07. The Labute approximate surface area is 125 Å². The number of Topliss-reactive ketones (excluding diaryl/α,β-unsaturated/α-hetero) is 1. The lowest BCUT2D eigenvalue weighted by molar-refractivity contribution is 0.0947. The molecule has 2 rings (SSSR count). The van der Waals surface area contributed by atoms with E-state index in [4.69, 9.17) is 4.74 Å². The van der Waals surface area contributed by atoms with Gasteiger partial charge in [-0.1, -0.05) is 50.6 Å². The highest BCUT2D eigenvalue weighted by Crippen LogP contribution is 2.44. The van der Waals surface area contributed by atoms with Crippen molar-refractivity contribution in [2.75, 3.05) is 24.7 Å². The Kier molecular flexibility index (Phi) is 4.92. The van der Waals surface area contributed by atoms with Crippen LogP contribution >= 0.6 is 10.9 Å². The lowest BCUT2D eigenvalue weighted by Crippen LogP contribution is -2.38. The van der Waals surface area contributed by atoms with E-state index in [9.17, 15) is 4.79 Å². The third-order valence-electron chi connectivity index (χ3n) is 3.82. The summed E-state index contributed by atoms with van der Waals surface area (Å²) in [5.41, 5.74) is 2.08. The standard InChI is InChI=1S/C17H26O2S/c1-13-5-7-14(8-6-13)15(18)16(17(2,3)4)20-11-9-19-10-12-20/h5-8,16,20H,9-12H2,1-4H3. The summed E-state index contributed by atoms with van der Waals surface area (Å²) in [5, 5.41) is 0.143. The monoisotopic (exact) mass is 294 g/mol. The summed E-state index contributed by atoms with van der Waals surface area (Å²) in [6.45, 7) is 10.3. The predicted octanol–water partition coefficient (Wildman–Crippen LogP) is 3.62. The number of ketones is 1. The maximum Gasteiger partial charge on any atom is 0.174 e. The number of thiol groups is 1. The molecule has 0 amide bonds. The van der Waals surface area contributed by atoms with Crippen molar-refractivity contribution in [3.8, 4) is 0 Å². The van der Waals surface area contributed by atoms with Gasteiger partial charge in [-0.15, -0.1) is 0 Å². The minimum atomic E-state index is -0.268. The van der Waals surface area contributed by atoms with Gasteiger partial charge in [-0.2, -0.15) is 0 Å². The van der Waals surface area contributed by atoms with E-state index in [1.807, 2.05) is 24.3 Å². The first-order valence-electron chi connectivity index (χ1n) is 7.32. The fourth-order valence-electron chi connectivity index (χ4n) is 2.82. The summed E-state index contributed by atoms with van der Waals surface area (Å²) in [4.78, 5) is 13.0. The van der Waals surface area contributed by atoms with Crippen molar-refractivity contribution in [1.82, 2.24) is 0 Å². The number of hydrogen-bond acceptors (Lipinski definition) is 2. The molecular weight excluding hydrogens is 268 g/mol. The molecule has 1 aromatic carbocycles. The molecule has 1 fully saturated rings. The fourth-order valence-corrected chi connectivity index (χ4v) is 5.86. The van der Waals surface area contributed by atoms with Crippen molar-refractivity contribution in [2.45, 2.75) is 32.9 Å². The van der Waals surface area contributed by atoms with Crippen molar-refractivity contribution in [2.24, 2.45) is 5.41 Å². The lowest BCUT2D eigenvalue weighted by atomic mass is 9.87. The Hall–Kier alpha value is -0.800. The Morgan fingerprint density at radius 1 is 1.15 bits per heavy atom. The van der Waals surface area contributed by atoms with Gasteiger partial charge in [0.25, 0.3) is 0 Å². The highest BCUT2D eigenvalue weighted by Gasteiger charge is 2.36. The zero-order valence-electron chi connectivity index (χ0n) is 13.0. The summed E-state index contributed by atoms with van der Waals surface area (Å²) in [6, 6.07) is 8.02. The second-order valence-corrected chi connectivity index (χ2v) is 9.24. The molecule has 1 atom stereocenters. The quantitative estimate of drug-likeness (QED) is 0.680. The van der Waals surface area contributed by atoms with E-state index in [1.54, 1.807) is 0 Å². The van der Waals surface area contributed by atoms with E-state index in [2.05, 4.69) is 27.7 Å². The topological polar surface area (TPSA) is 26.3 Å². The molecule has 2 nitrogen and oxygen atoms in total. The van der Waals surface area contributed by atoms with Gasteiger partial charge in [0.1, 0.15) is 0 Å². The molecule has 0 radical (unpaired) electrons. The van der Waals surface area contributed by atoms with E-state index >= 15 is 0 Å². The Bertz CT molecular complexity index is 453. The molecule has 1 aromatic rings. The van der Waals surface area contributed by atoms with Crippen LogP contribution in [0.4, 0.5) is 0 Å². The summed E-state index contributed by atoms with van der Waals surface area (Å²) >= 11 is 0. The minimum Gasteiger partial charge on any atom is -0.380 e. The van der Waals surface area contributed by atoms with Crippen LogP contribution in [0.5, 0.6) is 0 Å². The predicted molar refractivity (Wildman–Crippen MR) is 88.3 cm³/mol. The van der Waals surface area contributed by atoms with Crippen molar-refractivity contribution in [1.29, 1.82) is 0 Å². The van der Waals surface area contributed by atoms with Gasteiger partial charge in [-0.3, -0.25) is 4.79 Å². The molecule has 0 aliphatic carbocycles. The van der Waals surface area contributed by atoms with E-state index in [-0.39, 0.29) is 21.6 Å². The van der Waals surface area contributed by atoms with Crippen LogP contribution in [0, 0.1) is 12.3 Å². The van der Waals surface area contributed by atoms with Gasteiger partial charge in [0.05, 0.1) is 18.5 Å². The molecule has 3 heteroatoms. The number of ether oxygens (including phenoxy) is 1. The summed E-state index contributed by atoms with van der Waals surface area (Å²) in [5.74, 6) is 2.45. The van der Waals surface area contributed by atoms with Gasteiger partial charge in [0.2, 0.25) is 0 Å². The third kappa shape index (κ3) is 3.64. The molecule has 20 heavy (non-hydrogen) atoms. The van der Waals surface area contributed by atoms with Crippen molar-refractivity contribution in [3.05, 3.63) is 35.4 Å². The first-order chi connectivity index (χ1) is 9.39. The first kappa shape index (κ1) is 15.6. The van der Waals surface area contributed by atoms with E-state index in [1.165, 1.54) is 5.56 Å². The molecule has 1 heterocycles. The van der Waals surface area contributed by atoms with Crippen LogP contribution < -0.4 is 0 Å². The second kappa shape index (κ2) is 6.31. The Morgan fingerprint density at radius 2 is 1.70 bits per heavy atom. The highest BCUT2D eigenvalue weighted by atomic mass is 32.2. The number of carbonyl (C=O) groups is 1. The van der Waals surface area contributed by atoms with E-state index in [0.29, 0.717) is 5.78 Å². The smallest absolute Gasteiger partial charge is 0.174 e. The number of aryl methyl sites for hydroxylation is 1. The summed E-state index contributed by atoms with van der Waals surface area (Å²) in [7, 11) is -0.268. The summed E-state index contributed by atoms with van der Waals surface area (Å²) in [6.07, 6.45) is 0. The highest BCUT2D eigenvalue weighted by molar-refractivity contribution is 8.18. The normalized spacial score (nSPS) is 19.7. The van der Waals surface area contributed by atoms with Crippen molar-refractivity contribution >= 4 is 16.7 Å². The van der Waals surface area contributed by atoms with Crippen LogP contribution in [0.3, 0.4) is 0 Å². The Balaban J connectivity index is 2.26. The van der Waals surface area contributed by atoms with Gasteiger partial charge in [-0.05, 0) is 23.8 Å². The maximum absolute atomic E-state index is 13.0. The van der Waals surface area contributed by atoms with Gasteiger partial charge < -0.3 is 4.74 Å². The van der Waals surface area contributed by atoms with Crippen LogP contribution in [0.2, 0.25) is 0 Å². The lowest BCUT2D eigenvalue weighted by Gasteiger charge is -2.40. The van der Waals surface area contributed by atoms with Gasteiger partial charge in [0.15, 0.2) is 5.78 Å². The molecule has 0 saturated carbocycles. The molecule has 1 saturated heterocycles. The first-order valence-corrected chi connectivity index (χ1v) is 9.10. The largest absolute Gasteiger partial charge is 0.380 e. The maximum atomic E-state index is 13.0. The molecule has 0 bridgehead atoms. The molecule has 112 valence electrons. The average Bonchev–Trinajstić information content (AvgIpc) is 2.39. The molecule has 0 aromatic heterocycles. The Morgan fingerprint density at radius 3 is 2.20 bits per heavy atom. The van der Waals surface area contributed by atoms with Gasteiger partial charge >= 0.3 is 0 Å². The van der Waals surface area contributed by atoms with Gasteiger partial charge in [-0.25, -0.2) is 10.9 Å². The number of rotatable bonds is 3. The zero-order valence-corrected chi connectivity index (χ0v) is 13.9. The number of benzene rings is 1. The molecular formula is C17H26O2S. The second-order valence-electron chi connectivity index (χ2n) is 6.65. The SMILES string of the molecule is Cc1ccc(C(=O)C([SH]2CCOCC2)C(C)(C)C)cc1. The van der Waals surface area contributed by atoms with Crippen molar-refractivity contribution in [3.63, 3.8) is 0 Å². The molecule has 1 unspecified atom stereocenters. The fraction of sp³-hybridized carbons (Fsp3) is 0.588. The van der Waals surface area contributed by atoms with Gasteiger partial charge in [0, 0.05) is 5.56 Å². The molecule has 0 N–H and O–H groups in total. The summed E-state index contributed by atoms with van der Waals surface area (Å²) < 4.78 is 5.47.